The summed E-state index contributed by atoms with van der Waals surface area (Å²) in [5.74, 6) is 1.38. The molecule has 2 aromatic rings. The molecule has 2 unspecified atom stereocenters. The lowest BCUT2D eigenvalue weighted by Gasteiger charge is -2.52. The van der Waals surface area contributed by atoms with Gasteiger partial charge in [0.25, 0.3) is 0 Å². The molecule has 0 radical (unpaired) electrons. The second-order valence-corrected chi connectivity index (χ2v) is 6.49. The van der Waals surface area contributed by atoms with Crippen LogP contribution in [0.5, 0.6) is 0 Å². The molecule has 0 aliphatic heterocycles. The van der Waals surface area contributed by atoms with Crippen LogP contribution < -0.4 is 0 Å². The van der Waals surface area contributed by atoms with Crippen molar-refractivity contribution in [2.45, 2.75) is 45.1 Å². The van der Waals surface area contributed by atoms with Gasteiger partial charge >= 0.3 is 0 Å². The third kappa shape index (κ3) is 1.86. The first-order chi connectivity index (χ1) is 9.10. The van der Waals surface area contributed by atoms with E-state index < -0.39 is 0 Å². The summed E-state index contributed by atoms with van der Waals surface area (Å²) in [6, 6.07) is 8.21. The third-order valence-electron chi connectivity index (χ3n) is 4.97. The maximum absolute atomic E-state index is 10.2. The molecule has 2 atom stereocenters. The maximum atomic E-state index is 10.2. The van der Waals surface area contributed by atoms with Gasteiger partial charge in [-0.3, -0.25) is 0 Å². The van der Waals surface area contributed by atoms with Crippen molar-refractivity contribution < 1.29 is 9.52 Å². The van der Waals surface area contributed by atoms with Gasteiger partial charge in [0, 0.05) is 21.2 Å². The van der Waals surface area contributed by atoms with Crippen LogP contribution in [-0.2, 0) is 0 Å². The third-order valence-corrected chi connectivity index (χ3v) is 5.47. The lowest BCUT2D eigenvalue weighted by Crippen LogP contribution is -2.50. The summed E-state index contributed by atoms with van der Waals surface area (Å²) in [5, 5.41) is 11.3. The Morgan fingerprint density at radius 2 is 2.05 bits per heavy atom. The summed E-state index contributed by atoms with van der Waals surface area (Å²) in [6.07, 6.45) is 2.63. The molecule has 1 aromatic heterocycles. The lowest BCUT2D eigenvalue weighted by atomic mass is 9.54. The molecule has 102 valence electrons. The highest BCUT2D eigenvalue weighted by atomic mass is 79.9. The smallest absolute Gasteiger partial charge is 0.134 e. The Bertz CT molecular complexity index is 598. The fourth-order valence-corrected chi connectivity index (χ4v) is 3.96. The first kappa shape index (κ1) is 13.2. The molecule has 1 fully saturated rings. The van der Waals surface area contributed by atoms with Gasteiger partial charge in [-0.05, 0) is 43.5 Å². The fraction of sp³-hybridized carbons (Fsp3) is 0.500. The first-order valence-electron chi connectivity index (χ1n) is 6.97. The number of aliphatic hydroxyl groups excluding tert-OH is 1. The van der Waals surface area contributed by atoms with Gasteiger partial charge in [-0.15, -0.1) is 0 Å². The number of benzene rings is 1. The van der Waals surface area contributed by atoms with E-state index in [1.165, 1.54) is 0 Å². The Morgan fingerprint density at radius 1 is 1.32 bits per heavy atom. The molecule has 0 bridgehead atoms. The van der Waals surface area contributed by atoms with E-state index in [1.54, 1.807) is 0 Å². The van der Waals surface area contributed by atoms with E-state index in [1.807, 2.05) is 12.1 Å². The van der Waals surface area contributed by atoms with Gasteiger partial charge in [-0.1, -0.05) is 29.8 Å². The van der Waals surface area contributed by atoms with E-state index in [9.17, 15) is 5.11 Å². The Kier molecular flexibility index (Phi) is 3.22. The van der Waals surface area contributed by atoms with Crippen molar-refractivity contribution in [3.8, 4) is 0 Å². The molecule has 1 saturated carbocycles. The normalized spacial score (nSPS) is 25.5. The van der Waals surface area contributed by atoms with Crippen LogP contribution >= 0.6 is 15.9 Å². The molecule has 0 spiro atoms. The van der Waals surface area contributed by atoms with E-state index in [2.05, 4.69) is 41.9 Å². The summed E-state index contributed by atoms with van der Waals surface area (Å²) in [5.41, 5.74) is 0.936. The van der Waals surface area contributed by atoms with E-state index >= 15 is 0 Å². The highest BCUT2D eigenvalue weighted by molar-refractivity contribution is 9.10. The zero-order valence-corrected chi connectivity index (χ0v) is 12.9. The molecule has 0 amide bonds. The van der Waals surface area contributed by atoms with Crippen LogP contribution in [0.2, 0.25) is 0 Å². The van der Waals surface area contributed by atoms with Crippen molar-refractivity contribution in [3.63, 3.8) is 0 Å². The quantitative estimate of drug-likeness (QED) is 0.876. The van der Waals surface area contributed by atoms with Gasteiger partial charge < -0.3 is 9.52 Å². The number of rotatable bonds is 3. The van der Waals surface area contributed by atoms with Gasteiger partial charge in [0.1, 0.15) is 11.3 Å². The van der Waals surface area contributed by atoms with Crippen LogP contribution in [-0.4, -0.2) is 11.2 Å². The van der Waals surface area contributed by atoms with E-state index in [-0.39, 0.29) is 11.5 Å². The van der Waals surface area contributed by atoms with Crippen molar-refractivity contribution in [2.75, 3.05) is 0 Å². The standard InChI is InChI=1S/C16H19BrO2/c1-3-16(4-2)12(9-15(16)18)14-8-10-7-11(17)5-6-13(10)19-14/h5-8,12,15,18H,3-4,9H2,1-2H3. The number of furan rings is 1. The lowest BCUT2D eigenvalue weighted by molar-refractivity contribution is -0.0987. The molecule has 1 heterocycles. The van der Waals surface area contributed by atoms with Crippen molar-refractivity contribution in [3.05, 3.63) is 34.5 Å². The van der Waals surface area contributed by atoms with Gasteiger partial charge in [0.05, 0.1) is 6.10 Å². The van der Waals surface area contributed by atoms with Gasteiger partial charge in [-0.2, -0.15) is 0 Å². The maximum Gasteiger partial charge on any atom is 0.134 e. The van der Waals surface area contributed by atoms with E-state index in [4.69, 9.17) is 4.42 Å². The monoisotopic (exact) mass is 322 g/mol. The number of hydrogen-bond acceptors (Lipinski definition) is 2. The van der Waals surface area contributed by atoms with Crippen LogP contribution in [0.3, 0.4) is 0 Å². The average Bonchev–Trinajstić information content (AvgIpc) is 2.79. The Morgan fingerprint density at radius 3 is 2.68 bits per heavy atom. The predicted molar refractivity (Wildman–Crippen MR) is 80.3 cm³/mol. The number of fused-ring (bicyclic) bond motifs is 1. The van der Waals surface area contributed by atoms with Crippen molar-refractivity contribution >= 4 is 26.9 Å². The van der Waals surface area contributed by atoms with Crippen LogP contribution in [0.15, 0.2) is 33.2 Å². The highest BCUT2D eigenvalue weighted by Gasteiger charge is 2.53. The zero-order chi connectivity index (χ0) is 13.6. The van der Waals surface area contributed by atoms with Crippen molar-refractivity contribution in [2.24, 2.45) is 5.41 Å². The summed E-state index contributed by atoms with van der Waals surface area (Å²) < 4.78 is 7.07. The Balaban J connectivity index is 2.01. The first-order valence-corrected chi connectivity index (χ1v) is 7.77. The minimum absolute atomic E-state index is 0.00507. The molecular formula is C16H19BrO2. The van der Waals surface area contributed by atoms with E-state index in [0.29, 0.717) is 5.92 Å². The molecule has 0 saturated heterocycles. The fourth-order valence-electron chi connectivity index (χ4n) is 3.58. The molecule has 1 N–H and O–H groups in total. The summed E-state index contributed by atoms with van der Waals surface area (Å²) in [6.45, 7) is 4.33. The van der Waals surface area contributed by atoms with Crippen molar-refractivity contribution in [1.82, 2.24) is 0 Å². The second kappa shape index (κ2) is 4.64. The summed E-state index contributed by atoms with van der Waals surface area (Å²) in [4.78, 5) is 0. The number of hydrogen-bond donors (Lipinski definition) is 1. The van der Waals surface area contributed by atoms with Gasteiger partial charge in [-0.25, -0.2) is 0 Å². The largest absolute Gasteiger partial charge is 0.461 e. The molecule has 1 aliphatic carbocycles. The minimum Gasteiger partial charge on any atom is -0.461 e. The predicted octanol–water partition coefficient (Wildman–Crippen LogP) is 4.85. The van der Waals surface area contributed by atoms with Gasteiger partial charge in [0.15, 0.2) is 0 Å². The Labute approximate surface area is 121 Å². The molecular weight excluding hydrogens is 304 g/mol. The van der Waals surface area contributed by atoms with Crippen LogP contribution in [0, 0.1) is 5.41 Å². The highest BCUT2D eigenvalue weighted by Crippen LogP contribution is 2.57. The SMILES string of the molecule is CCC1(CC)C(O)CC1c1cc2cc(Br)ccc2o1. The molecule has 3 heteroatoms. The van der Waals surface area contributed by atoms with Crippen LogP contribution in [0.25, 0.3) is 11.0 Å². The van der Waals surface area contributed by atoms with Gasteiger partial charge in [0.2, 0.25) is 0 Å². The summed E-state index contributed by atoms with van der Waals surface area (Å²) in [7, 11) is 0. The molecule has 1 aliphatic rings. The van der Waals surface area contributed by atoms with E-state index in [0.717, 1.165) is 40.5 Å². The molecule has 3 rings (SSSR count). The topological polar surface area (TPSA) is 33.4 Å². The second-order valence-electron chi connectivity index (χ2n) is 5.58. The minimum atomic E-state index is -0.188. The average molecular weight is 323 g/mol. The van der Waals surface area contributed by atoms with Crippen molar-refractivity contribution in [1.29, 1.82) is 0 Å². The Hall–Kier alpha value is -0.800. The van der Waals surface area contributed by atoms with Crippen LogP contribution in [0.1, 0.15) is 44.8 Å². The zero-order valence-electron chi connectivity index (χ0n) is 11.3. The number of halogens is 1. The summed E-state index contributed by atoms with van der Waals surface area (Å²) >= 11 is 3.49. The molecule has 2 nitrogen and oxygen atoms in total. The van der Waals surface area contributed by atoms with Crippen LogP contribution in [0.4, 0.5) is 0 Å². The molecule has 19 heavy (non-hydrogen) atoms. The molecule has 1 aromatic carbocycles. The number of aliphatic hydroxyl groups is 1.